The Morgan fingerprint density at radius 2 is 1.17 bits per heavy atom. The van der Waals surface area contributed by atoms with E-state index < -0.39 is 35.0 Å². The molecular formula is C20H17F6N3O. The topological polar surface area (TPSA) is 50.8 Å². The highest BCUT2D eigenvalue weighted by atomic mass is 19.4. The molecule has 3 aromatic rings. The Kier molecular flexibility index (Phi) is 5.64. The number of aromatic amines is 1. The minimum atomic E-state index is -4.53. The molecule has 1 aromatic heterocycles. The Hall–Kier alpha value is -2.88. The van der Waals surface area contributed by atoms with Crippen LogP contribution in [0.4, 0.5) is 26.3 Å². The van der Waals surface area contributed by atoms with Crippen molar-refractivity contribution in [3.05, 3.63) is 82.9 Å². The molecule has 1 unspecified atom stereocenters. The molecule has 0 spiro atoms. The molecule has 3 rings (SSSR count). The summed E-state index contributed by atoms with van der Waals surface area (Å²) in [7, 11) is 1.33. The quantitative estimate of drug-likeness (QED) is 0.542. The maximum atomic E-state index is 13.0. The van der Waals surface area contributed by atoms with Crippen LogP contribution in [0.1, 0.15) is 40.9 Å². The molecule has 1 heterocycles. The molecule has 1 atom stereocenters. The van der Waals surface area contributed by atoms with Gasteiger partial charge in [0.05, 0.1) is 17.0 Å². The van der Waals surface area contributed by atoms with Crippen LogP contribution in [0.3, 0.4) is 0 Å². The van der Waals surface area contributed by atoms with Gasteiger partial charge in [0.1, 0.15) is 11.9 Å². The van der Waals surface area contributed by atoms with Crippen molar-refractivity contribution in [1.29, 1.82) is 0 Å². The van der Waals surface area contributed by atoms with Crippen LogP contribution in [0, 0.1) is 0 Å². The molecule has 160 valence electrons. The zero-order chi connectivity index (χ0) is 22.2. The number of rotatable bonds is 5. The minimum Gasteiger partial charge on any atom is -0.368 e. The highest BCUT2D eigenvalue weighted by molar-refractivity contribution is 5.42. The number of nitrogens with one attached hydrogen (secondary N) is 1. The molecule has 0 radical (unpaired) electrons. The number of halogens is 6. The molecule has 2 aromatic carbocycles. The molecule has 0 bridgehead atoms. The van der Waals surface area contributed by atoms with Crippen LogP contribution >= 0.6 is 0 Å². The zero-order valence-electron chi connectivity index (χ0n) is 15.8. The van der Waals surface area contributed by atoms with E-state index in [-0.39, 0.29) is 5.82 Å². The number of hydrogen-bond acceptors (Lipinski definition) is 3. The maximum absolute atomic E-state index is 13.0. The van der Waals surface area contributed by atoms with E-state index >= 15 is 0 Å². The van der Waals surface area contributed by atoms with Gasteiger partial charge >= 0.3 is 12.4 Å². The summed E-state index contributed by atoms with van der Waals surface area (Å²) >= 11 is 0. The highest BCUT2D eigenvalue weighted by Crippen LogP contribution is 2.45. The van der Waals surface area contributed by atoms with Crippen LogP contribution in [-0.2, 0) is 22.7 Å². The summed E-state index contributed by atoms with van der Waals surface area (Å²) in [6.45, 7) is 1.68. The first-order valence-corrected chi connectivity index (χ1v) is 8.76. The van der Waals surface area contributed by atoms with Gasteiger partial charge in [-0.3, -0.25) is 5.10 Å². The second kappa shape index (κ2) is 7.75. The molecule has 0 amide bonds. The van der Waals surface area contributed by atoms with Crippen LogP contribution in [-0.4, -0.2) is 22.3 Å². The van der Waals surface area contributed by atoms with Crippen molar-refractivity contribution in [1.82, 2.24) is 15.2 Å². The van der Waals surface area contributed by atoms with Crippen molar-refractivity contribution in [3.63, 3.8) is 0 Å². The third kappa shape index (κ3) is 3.91. The van der Waals surface area contributed by atoms with Gasteiger partial charge in [0.15, 0.2) is 5.82 Å². The van der Waals surface area contributed by atoms with E-state index in [1.54, 1.807) is 6.92 Å². The van der Waals surface area contributed by atoms with Gasteiger partial charge in [-0.05, 0) is 35.4 Å². The van der Waals surface area contributed by atoms with E-state index in [1.807, 2.05) is 0 Å². The van der Waals surface area contributed by atoms with E-state index in [0.29, 0.717) is 11.1 Å². The molecule has 0 fully saturated rings. The molecule has 0 saturated heterocycles. The van der Waals surface area contributed by atoms with Crippen molar-refractivity contribution < 1.29 is 31.1 Å². The molecule has 30 heavy (non-hydrogen) atoms. The summed E-state index contributed by atoms with van der Waals surface area (Å²) in [5.41, 5.74) is -2.51. The number of ether oxygens (including phenoxy) is 1. The second-order valence-corrected chi connectivity index (χ2v) is 6.67. The van der Waals surface area contributed by atoms with Crippen molar-refractivity contribution in [2.75, 3.05) is 7.11 Å². The van der Waals surface area contributed by atoms with Gasteiger partial charge in [0, 0.05) is 7.11 Å². The van der Waals surface area contributed by atoms with Crippen molar-refractivity contribution >= 4 is 0 Å². The van der Waals surface area contributed by atoms with Gasteiger partial charge < -0.3 is 4.74 Å². The molecule has 0 aliphatic rings. The first kappa shape index (κ1) is 21.8. The molecular weight excluding hydrogens is 412 g/mol. The van der Waals surface area contributed by atoms with Gasteiger partial charge in [-0.2, -0.15) is 31.4 Å². The van der Waals surface area contributed by atoms with Gasteiger partial charge in [-0.25, -0.2) is 4.98 Å². The molecule has 4 nitrogen and oxygen atoms in total. The van der Waals surface area contributed by atoms with Gasteiger partial charge in [-0.1, -0.05) is 31.2 Å². The lowest BCUT2D eigenvalue weighted by atomic mass is 9.75. The highest BCUT2D eigenvalue weighted by Gasteiger charge is 2.44. The van der Waals surface area contributed by atoms with Gasteiger partial charge in [0.25, 0.3) is 0 Å². The predicted molar refractivity (Wildman–Crippen MR) is 95.5 cm³/mol. The summed E-state index contributed by atoms with van der Waals surface area (Å²) in [6.07, 6.45) is -7.73. The van der Waals surface area contributed by atoms with Gasteiger partial charge in [-0.15, -0.1) is 0 Å². The van der Waals surface area contributed by atoms with Crippen LogP contribution in [0.5, 0.6) is 0 Å². The van der Waals surface area contributed by atoms with E-state index in [1.165, 1.54) is 37.7 Å². The molecule has 0 saturated carbocycles. The summed E-state index contributed by atoms with van der Waals surface area (Å²) in [5.74, 6) is -0.362. The average molecular weight is 429 g/mol. The van der Waals surface area contributed by atoms with E-state index in [9.17, 15) is 26.3 Å². The fraction of sp³-hybridized carbons (Fsp3) is 0.300. The van der Waals surface area contributed by atoms with Crippen LogP contribution in [0.2, 0.25) is 0 Å². The van der Waals surface area contributed by atoms with Gasteiger partial charge in [0.2, 0.25) is 0 Å². The molecule has 1 N–H and O–H groups in total. The number of hydrogen-bond donors (Lipinski definition) is 1. The molecule has 10 heteroatoms. The number of aromatic nitrogens is 3. The van der Waals surface area contributed by atoms with Crippen molar-refractivity contribution in [2.45, 2.75) is 30.8 Å². The monoisotopic (exact) mass is 429 g/mol. The zero-order valence-corrected chi connectivity index (χ0v) is 15.8. The minimum absolute atomic E-state index is 0.289. The van der Waals surface area contributed by atoms with E-state index in [4.69, 9.17) is 4.74 Å². The number of methoxy groups -OCH3 is 1. The van der Waals surface area contributed by atoms with E-state index in [0.717, 1.165) is 24.3 Å². The maximum Gasteiger partial charge on any atom is 0.416 e. The van der Waals surface area contributed by atoms with Crippen LogP contribution in [0.25, 0.3) is 0 Å². The fourth-order valence-corrected chi connectivity index (χ4v) is 3.50. The van der Waals surface area contributed by atoms with Crippen molar-refractivity contribution in [3.8, 4) is 0 Å². The third-order valence-electron chi connectivity index (χ3n) is 5.03. The number of alkyl halides is 6. The Balaban J connectivity index is 2.18. The Morgan fingerprint density at radius 1 is 0.767 bits per heavy atom. The lowest BCUT2D eigenvalue weighted by molar-refractivity contribution is -0.138. The largest absolute Gasteiger partial charge is 0.416 e. The number of H-pyrrole nitrogens is 1. The third-order valence-corrected chi connectivity index (χ3v) is 5.03. The normalized spacial score (nSPS) is 14.0. The molecule has 0 aliphatic carbocycles. The van der Waals surface area contributed by atoms with E-state index in [2.05, 4.69) is 15.2 Å². The summed E-state index contributed by atoms with van der Waals surface area (Å²) in [6, 6.07) is 8.58. The second-order valence-electron chi connectivity index (χ2n) is 6.67. The van der Waals surface area contributed by atoms with Crippen LogP contribution < -0.4 is 0 Å². The molecule has 0 aliphatic heterocycles. The Morgan fingerprint density at radius 3 is 1.47 bits per heavy atom. The average Bonchev–Trinajstić information content (AvgIpc) is 3.23. The fourth-order valence-electron chi connectivity index (χ4n) is 3.50. The lowest BCUT2D eigenvalue weighted by Crippen LogP contribution is -2.36. The number of benzene rings is 2. The first-order valence-electron chi connectivity index (χ1n) is 8.76. The Labute approximate surface area is 167 Å². The first-order chi connectivity index (χ1) is 14.0. The lowest BCUT2D eigenvalue weighted by Gasteiger charge is -2.38. The predicted octanol–water partition coefficient (Wildman–Crippen LogP) is 5.54. The summed E-state index contributed by atoms with van der Waals surface area (Å²) in [5, 5.41) is 6.57. The number of nitrogens with zero attached hydrogens (tertiary/aromatic N) is 2. The SMILES string of the molecule is COC(c1ccc(C(F)(F)F)cc1)(c1ccc(C(F)(F)F)cc1)C(C)c1nc[nH]n1. The Bertz CT molecular complexity index is 906. The smallest absolute Gasteiger partial charge is 0.368 e. The summed E-state index contributed by atoms with van der Waals surface area (Å²) in [4.78, 5) is 4.09. The van der Waals surface area contributed by atoms with Crippen LogP contribution in [0.15, 0.2) is 54.9 Å². The van der Waals surface area contributed by atoms with Crippen molar-refractivity contribution in [2.24, 2.45) is 0 Å². The standard InChI is InChI=1S/C20H17F6N3O/c1-12(17-27-11-28-29-17)18(30-2,13-3-7-15(8-4-13)19(21,22)23)14-5-9-16(10-6-14)20(24,25)26/h3-12H,1-2H3,(H,27,28,29). The summed E-state index contributed by atoms with van der Waals surface area (Å²) < 4.78 is 83.8.